The lowest BCUT2D eigenvalue weighted by Crippen LogP contribution is -2.48. The number of rotatable bonds is 3. The number of aromatic nitrogens is 1. The van der Waals surface area contributed by atoms with Gasteiger partial charge in [0.15, 0.2) is 5.13 Å². The van der Waals surface area contributed by atoms with Crippen LogP contribution in [0.4, 0.5) is 5.13 Å². The molecule has 1 aliphatic heterocycles. The van der Waals surface area contributed by atoms with E-state index in [2.05, 4.69) is 18.7 Å². The van der Waals surface area contributed by atoms with Crippen LogP contribution < -0.4 is 4.90 Å². The lowest BCUT2D eigenvalue weighted by molar-refractivity contribution is 0.0526. The van der Waals surface area contributed by atoms with Crippen LogP contribution in [0.5, 0.6) is 0 Å². The fourth-order valence-corrected chi connectivity index (χ4v) is 4.50. The summed E-state index contributed by atoms with van der Waals surface area (Å²) < 4.78 is 6.04. The highest BCUT2D eigenvalue weighted by Crippen LogP contribution is 2.35. The van der Waals surface area contributed by atoms with Crippen molar-refractivity contribution in [1.29, 1.82) is 0 Å². The average molecular weight is 334 g/mol. The summed E-state index contributed by atoms with van der Waals surface area (Å²) in [5.74, 6) is -0.299. The Morgan fingerprint density at radius 3 is 2.74 bits per heavy atom. The molecule has 0 spiro atoms. The first-order chi connectivity index (χ1) is 11.0. The van der Waals surface area contributed by atoms with Crippen LogP contribution in [0.1, 0.15) is 44.0 Å². The van der Waals surface area contributed by atoms with Crippen molar-refractivity contribution in [1.82, 2.24) is 4.98 Å². The van der Waals surface area contributed by atoms with Gasteiger partial charge >= 0.3 is 5.97 Å². The number of carbonyl (C=O) groups is 1. The number of nitrogens with zero attached hydrogens (tertiary/aromatic N) is 2. The van der Waals surface area contributed by atoms with Crippen LogP contribution >= 0.6 is 11.3 Å². The van der Waals surface area contributed by atoms with Crippen molar-refractivity contribution in [3.63, 3.8) is 0 Å². The molecule has 1 saturated heterocycles. The Labute approximate surface area is 139 Å². The third kappa shape index (κ3) is 3.19. The van der Waals surface area contributed by atoms with Gasteiger partial charge in [-0.05, 0) is 51.8 Å². The second kappa shape index (κ2) is 6.45. The van der Waals surface area contributed by atoms with E-state index in [-0.39, 0.29) is 24.2 Å². The number of anilines is 1. The van der Waals surface area contributed by atoms with Crippen molar-refractivity contribution in [2.45, 2.75) is 51.8 Å². The zero-order valence-corrected chi connectivity index (χ0v) is 14.5. The number of fused-ring (bicyclic) bond motifs is 1. The molecule has 2 heterocycles. The summed E-state index contributed by atoms with van der Waals surface area (Å²) in [6, 6.07) is 5.98. The Hall–Kier alpha value is -1.66. The Morgan fingerprint density at radius 2 is 2.09 bits per heavy atom. The Bertz CT molecular complexity index is 703. The SMILES string of the molecule is CCOC(=O)c1ccc2nc(N3[C@@H](C)CC(O)C[C@@H]3C)sc2c1. The summed E-state index contributed by atoms with van der Waals surface area (Å²) in [6.45, 7) is 6.41. The number of esters is 1. The van der Waals surface area contributed by atoms with E-state index in [1.165, 1.54) is 0 Å². The van der Waals surface area contributed by atoms with Crippen LogP contribution in [0.25, 0.3) is 10.2 Å². The molecule has 124 valence electrons. The molecular weight excluding hydrogens is 312 g/mol. The minimum Gasteiger partial charge on any atom is -0.462 e. The van der Waals surface area contributed by atoms with Gasteiger partial charge in [0.05, 0.1) is 28.5 Å². The average Bonchev–Trinajstić information content (AvgIpc) is 2.88. The standard InChI is InChI=1S/C17H22N2O3S/c1-4-22-16(21)12-5-6-14-15(9-12)23-17(18-14)19-10(2)7-13(20)8-11(19)3/h5-6,9-11,13,20H,4,7-8H2,1-3H3/t10-,11-/m0/s1. The van der Waals surface area contributed by atoms with Crippen molar-refractivity contribution in [2.75, 3.05) is 11.5 Å². The van der Waals surface area contributed by atoms with E-state index in [0.717, 1.165) is 28.2 Å². The Morgan fingerprint density at radius 1 is 1.39 bits per heavy atom. The van der Waals surface area contributed by atoms with E-state index >= 15 is 0 Å². The largest absolute Gasteiger partial charge is 0.462 e. The van der Waals surface area contributed by atoms with Crippen LogP contribution in [0, 0.1) is 0 Å². The molecule has 1 N–H and O–H groups in total. The van der Waals surface area contributed by atoms with E-state index in [9.17, 15) is 9.90 Å². The highest BCUT2D eigenvalue weighted by atomic mass is 32.1. The van der Waals surface area contributed by atoms with E-state index < -0.39 is 0 Å². The van der Waals surface area contributed by atoms with Gasteiger partial charge in [0, 0.05) is 12.1 Å². The molecule has 0 unspecified atom stereocenters. The van der Waals surface area contributed by atoms with Gasteiger partial charge in [-0.2, -0.15) is 0 Å². The number of aliphatic hydroxyl groups is 1. The lowest BCUT2D eigenvalue weighted by Gasteiger charge is -2.41. The van der Waals surface area contributed by atoms with Gasteiger partial charge in [0.25, 0.3) is 0 Å². The minimum absolute atomic E-state index is 0.235. The topological polar surface area (TPSA) is 62.7 Å². The molecule has 3 rings (SSSR count). The molecule has 0 saturated carbocycles. The molecule has 2 atom stereocenters. The number of hydrogen-bond acceptors (Lipinski definition) is 6. The molecular formula is C17H22N2O3S. The molecule has 1 aliphatic rings. The van der Waals surface area contributed by atoms with Crippen LogP contribution in [0.15, 0.2) is 18.2 Å². The first-order valence-corrected chi connectivity index (χ1v) is 8.85. The zero-order valence-electron chi connectivity index (χ0n) is 13.7. The van der Waals surface area contributed by atoms with Crippen LogP contribution in [-0.4, -0.2) is 40.9 Å². The number of carbonyl (C=O) groups excluding carboxylic acids is 1. The van der Waals surface area contributed by atoms with Gasteiger partial charge < -0.3 is 14.7 Å². The lowest BCUT2D eigenvalue weighted by atomic mass is 9.96. The van der Waals surface area contributed by atoms with E-state index in [4.69, 9.17) is 9.72 Å². The number of hydrogen-bond donors (Lipinski definition) is 1. The van der Waals surface area contributed by atoms with Crippen molar-refractivity contribution >= 4 is 32.7 Å². The zero-order chi connectivity index (χ0) is 16.6. The van der Waals surface area contributed by atoms with Crippen LogP contribution in [0.3, 0.4) is 0 Å². The van der Waals surface area contributed by atoms with Crippen molar-refractivity contribution in [3.8, 4) is 0 Å². The molecule has 2 aromatic rings. The second-order valence-electron chi connectivity index (χ2n) is 6.13. The molecule has 1 aromatic carbocycles. The summed E-state index contributed by atoms with van der Waals surface area (Å²) >= 11 is 1.59. The first-order valence-electron chi connectivity index (χ1n) is 8.03. The molecule has 0 aliphatic carbocycles. The number of ether oxygens (including phenoxy) is 1. The summed E-state index contributed by atoms with van der Waals surface area (Å²) in [5, 5.41) is 10.9. The number of benzene rings is 1. The van der Waals surface area contributed by atoms with Gasteiger partial charge in [0.1, 0.15) is 0 Å². The predicted molar refractivity (Wildman–Crippen MR) is 92.2 cm³/mol. The predicted octanol–water partition coefficient (Wildman–Crippen LogP) is 3.21. The fourth-order valence-electron chi connectivity index (χ4n) is 3.29. The molecule has 1 fully saturated rings. The van der Waals surface area contributed by atoms with Gasteiger partial charge in [-0.3, -0.25) is 0 Å². The maximum absolute atomic E-state index is 11.9. The van der Waals surface area contributed by atoms with E-state index in [1.807, 2.05) is 12.1 Å². The highest BCUT2D eigenvalue weighted by molar-refractivity contribution is 7.22. The number of aliphatic hydroxyl groups excluding tert-OH is 1. The minimum atomic E-state index is -0.299. The van der Waals surface area contributed by atoms with E-state index in [1.54, 1.807) is 24.3 Å². The van der Waals surface area contributed by atoms with Crippen LogP contribution in [-0.2, 0) is 4.74 Å². The molecule has 23 heavy (non-hydrogen) atoms. The van der Waals surface area contributed by atoms with Crippen molar-refractivity contribution in [3.05, 3.63) is 23.8 Å². The molecule has 5 nitrogen and oxygen atoms in total. The van der Waals surface area contributed by atoms with Crippen LogP contribution in [0.2, 0.25) is 0 Å². The molecule has 0 amide bonds. The molecule has 6 heteroatoms. The van der Waals surface area contributed by atoms with Gasteiger partial charge in [0.2, 0.25) is 0 Å². The molecule has 1 aromatic heterocycles. The van der Waals surface area contributed by atoms with Gasteiger partial charge in [-0.25, -0.2) is 9.78 Å². The maximum Gasteiger partial charge on any atom is 0.338 e. The monoisotopic (exact) mass is 334 g/mol. The maximum atomic E-state index is 11.9. The summed E-state index contributed by atoms with van der Waals surface area (Å²) in [4.78, 5) is 18.9. The normalized spacial score (nSPS) is 24.9. The Balaban J connectivity index is 1.92. The Kier molecular flexibility index (Phi) is 4.55. The van der Waals surface area contributed by atoms with Crippen molar-refractivity contribution in [2.24, 2.45) is 0 Å². The van der Waals surface area contributed by atoms with E-state index in [0.29, 0.717) is 12.2 Å². The van der Waals surface area contributed by atoms with Gasteiger partial charge in [-0.1, -0.05) is 11.3 Å². The summed E-state index contributed by atoms with van der Waals surface area (Å²) in [7, 11) is 0. The highest BCUT2D eigenvalue weighted by Gasteiger charge is 2.31. The first kappa shape index (κ1) is 16.2. The molecule has 0 radical (unpaired) electrons. The van der Waals surface area contributed by atoms with Crippen molar-refractivity contribution < 1.29 is 14.6 Å². The number of piperidine rings is 1. The third-order valence-electron chi connectivity index (χ3n) is 4.29. The smallest absolute Gasteiger partial charge is 0.338 e. The summed E-state index contributed by atoms with van der Waals surface area (Å²) in [6.07, 6.45) is 1.28. The number of thiazole rings is 1. The molecule has 0 bridgehead atoms. The van der Waals surface area contributed by atoms with Gasteiger partial charge in [-0.15, -0.1) is 0 Å². The quantitative estimate of drug-likeness (QED) is 0.873. The third-order valence-corrected chi connectivity index (χ3v) is 5.32. The summed E-state index contributed by atoms with van der Waals surface area (Å²) in [5.41, 5.74) is 1.45. The second-order valence-corrected chi connectivity index (χ2v) is 7.14. The fraction of sp³-hybridized carbons (Fsp3) is 0.529.